The molecule has 0 aliphatic rings. The number of nitrogens with one attached hydrogen (secondary N) is 2. The molecule has 0 aliphatic heterocycles. The molecule has 0 atom stereocenters. The number of carbonyl (C=O) groups is 1. The second-order valence-corrected chi connectivity index (χ2v) is 4.61. The molecular weight excluding hydrogens is 188 g/mol. The van der Waals surface area contributed by atoms with Gasteiger partial charge in [0.25, 0.3) is 0 Å². The maximum Gasteiger partial charge on any atom is 0.233 e. The highest BCUT2D eigenvalue weighted by atomic mass is 16.1. The summed E-state index contributed by atoms with van der Waals surface area (Å²) < 4.78 is 0. The number of amides is 1. The van der Waals surface area contributed by atoms with Crippen molar-refractivity contribution in [2.24, 2.45) is 0 Å². The molecule has 0 radical (unpaired) electrons. The third kappa shape index (κ3) is 10.9. The van der Waals surface area contributed by atoms with Crippen LogP contribution in [0.15, 0.2) is 0 Å². The summed E-state index contributed by atoms with van der Waals surface area (Å²) in [6, 6.07) is 0. The number of rotatable bonds is 6. The zero-order chi connectivity index (χ0) is 11.7. The minimum absolute atomic E-state index is 0.0131. The summed E-state index contributed by atoms with van der Waals surface area (Å²) in [5, 5.41) is 5.97. The van der Waals surface area contributed by atoms with E-state index < -0.39 is 0 Å². The number of terminal acetylenes is 1. The summed E-state index contributed by atoms with van der Waals surface area (Å²) >= 11 is 0. The van der Waals surface area contributed by atoms with Crippen LogP contribution in [0.5, 0.6) is 0 Å². The number of hydrogen-bond donors (Lipinski definition) is 2. The molecule has 0 bridgehead atoms. The molecule has 3 nitrogen and oxygen atoms in total. The SMILES string of the molecule is C#CCCCCNC(=O)CNC(C)(C)C. The predicted molar refractivity (Wildman–Crippen MR) is 63.4 cm³/mol. The van der Waals surface area contributed by atoms with Gasteiger partial charge in [0.1, 0.15) is 0 Å². The molecular formula is C12H22N2O. The Labute approximate surface area is 93.0 Å². The molecule has 0 fully saturated rings. The third-order valence-corrected chi connectivity index (χ3v) is 1.85. The van der Waals surface area contributed by atoms with E-state index in [1.807, 2.05) is 20.8 Å². The van der Waals surface area contributed by atoms with Gasteiger partial charge in [-0.3, -0.25) is 4.79 Å². The van der Waals surface area contributed by atoms with Crippen LogP contribution in [0.1, 0.15) is 40.0 Å². The van der Waals surface area contributed by atoms with E-state index in [9.17, 15) is 4.79 Å². The Morgan fingerprint density at radius 1 is 1.33 bits per heavy atom. The first-order valence-corrected chi connectivity index (χ1v) is 5.41. The molecule has 0 saturated heterocycles. The van der Waals surface area contributed by atoms with Crippen LogP contribution in [0.25, 0.3) is 0 Å². The molecule has 0 aliphatic carbocycles. The fourth-order valence-electron chi connectivity index (χ4n) is 0.988. The van der Waals surface area contributed by atoms with Crippen LogP contribution in [-0.4, -0.2) is 24.5 Å². The first kappa shape index (κ1) is 14.0. The first-order chi connectivity index (χ1) is 6.95. The molecule has 86 valence electrons. The van der Waals surface area contributed by atoms with Crippen LogP contribution in [0, 0.1) is 12.3 Å². The Kier molecular flexibility index (Phi) is 6.81. The lowest BCUT2D eigenvalue weighted by atomic mass is 10.1. The van der Waals surface area contributed by atoms with Crippen LogP contribution in [0.4, 0.5) is 0 Å². The fourth-order valence-corrected chi connectivity index (χ4v) is 0.988. The minimum atomic E-state index is -0.0131. The van der Waals surface area contributed by atoms with Gasteiger partial charge in [0, 0.05) is 18.5 Å². The van der Waals surface area contributed by atoms with Gasteiger partial charge in [-0.1, -0.05) is 0 Å². The van der Waals surface area contributed by atoms with Gasteiger partial charge in [0.2, 0.25) is 5.91 Å². The molecule has 0 heterocycles. The smallest absolute Gasteiger partial charge is 0.233 e. The van der Waals surface area contributed by atoms with E-state index in [0.29, 0.717) is 13.1 Å². The molecule has 2 N–H and O–H groups in total. The highest BCUT2D eigenvalue weighted by Crippen LogP contribution is 1.96. The molecule has 3 heteroatoms. The van der Waals surface area contributed by atoms with Crippen molar-refractivity contribution in [2.45, 2.75) is 45.6 Å². The molecule has 1 amide bonds. The van der Waals surface area contributed by atoms with E-state index in [-0.39, 0.29) is 11.4 Å². The summed E-state index contributed by atoms with van der Waals surface area (Å²) in [6.07, 6.45) is 7.83. The van der Waals surface area contributed by atoms with Crippen molar-refractivity contribution in [2.75, 3.05) is 13.1 Å². The fraction of sp³-hybridized carbons (Fsp3) is 0.750. The zero-order valence-corrected chi connectivity index (χ0v) is 10.0. The molecule has 15 heavy (non-hydrogen) atoms. The molecule has 0 spiro atoms. The van der Waals surface area contributed by atoms with E-state index in [4.69, 9.17) is 6.42 Å². The van der Waals surface area contributed by atoms with E-state index in [2.05, 4.69) is 16.6 Å². The van der Waals surface area contributed by atoms with Crippen LogP contribution >= 0.6 is 0 Å². The van der Waals surface area contributed by atoms with E-state index in [1.54, 1.807) is 0 Å². The summed E-state index contributed by atoms with van der Waals surface area (Å²) in [5.41, 5.74) is -0.0131. The minimum Gasteiger partial charge on any atom is -0.355 e. The van der Waals surface area contributed by atoms with Crippen LogP contribution in [0.2, 0.25) is 0 Å². The normalized spacial score (nSPS) is 10.8. The second-order valence-electron chi connectivity index (χ2n) is 4.61. The highest BCUT2D eigenvalue weighted by molar-refractivity contribution is 5.78. The van der Waals surface area contributed by atoms with E-state index in [1.165, 1.54) is 0 Å². The molecule has 0 rings (SSSR count). The van der Waals surface area contributed by atoms with Gasteiger partial charge >= 0.3 is 0 Å². The highest BCUT2D eigenvalue weighted by Gasteiger charge is 2.10. The number of carbonyl (C=O) groups excluding carboxylic acids is 1. The van der Waals surface area contributed by atoms with E-state index in [0.717, 1.165) is 19.3 Å². The topological polar surface area (TPSA) is 41.1 Å². The molecule has 0 unspecified atom stereocenters. The van der Waals surface area contributed by atoms with Crippen LogP contribution in [-0.2, 0) is 4.79 Å². The van der Waals surface area contributed by atoms with Crippen LogP contribution < -0.4 is 10.6 Å². The van der Waals surface area contributed by atoms with Crippen molar-refractivity contribution < 1.29 is 4.79 Å². The van der Waals surface area contributed by atoms with Crippen molar-refractivity contribution in [3.05, 3.63) is 0 Å². The van der Waals surface area contributed by atoms with Gasteiger partial charge in [0.05, 0.1) is 6.54 Å². The predicted octanol–water partition coefficient (Wildman–Crippen LogP) is 1.29. The maximum absolute atomic E-state index is 11.3. The summed E-state index contributed by atoms with van der Waals surface area (Å²) in [7, 11) is 0. The summed E-state index contributed by atoms with van der Waals surface area (Å²) in [5.74, 6) is 2.62. The van der Waals surface area contributed by atoms with Crippen molar-refractivity contribution in [1.82, 2.24) is 10.6 Å². The Balaban J connectivity index is 3.39. The summed E-state index contributed by atoms with van der Waals surface area (Å²) in [6.45, 7) is 7.19. The third-order valence-electron chi connectivity index (χ3n) is 1.85. The standard InChI is InChI=1S/C12H22N2O/c1-5-6-7-8-9-13-11(15)10-14-12(2,3)4/h1,14H,6-10H2,2-4H3,(H,13,15). The van der Waals surface area contributed by atoms with Gasteiger partial charge in [-0.15, -0.1) is 12.3 Å². The molecule has 0 aromatic heterocycles. The Morgan fingerprint density at radius 3 is 2.53 bits per heavy atom. The molecule has 0 aromatic carbocycles. The first-order valence-electron chi connectivity index (χ1n) is 5.41. The average molecular weight is 210 g/mol. The lowest BCUT2D eigenvalue weighted by Gasteiger charge is -2.19. The van der Waals surface area contributed by atoms with Gasteiger partial charge in [-0.25, -0.2) is 0 Å². The van der Waals surface area contributed by atoms with Gasteiger partial charge in [-0.2, -0.15) is 0 Å². The Bertz CT molecular complexity index is 223. The van der Waals surface area contributed by atoms with Crippen LogP contribution in [0.3, 0.4) is 0 Å². The number of hydrogen-bond acceptors (Lipinski definition) is 2. The maximum atomic E-state index is 11.3. The zero-order valence-electron chi connectivity index (χ0n) is 10.0. The van der Waals surface area contributed by atoms with Crippen molar-refractivity contribution >= 4 is 5.91 Å². The second kappa shape index (κ2) is 7.30. The van der Waals surface area contributed by atoms with E-state index >= 15 is 0 Å². The van der Waals surface area contributed by atoms with Gasteiger partial charge in [0.15, 0.2) is 0 Å². The average Bonchev–Trinajstić information content (AvgIpc) is 2.13. The lowest BCUT2D eigenvalue weighted by molar-refractivity contribution is -0.120. The Hall–Kier alpha value is -1.01. The number of unbranched alkanes of at least 4 members (excludes halogenated alkanes) is 2. The largest absolute Gasteiger partial charge is 0.355 e. The van der Waals surface area contributed by atoms with Gasteiger partial charge in [-0.05, 0) is 33.6 Å². The van der Waals surface area contributed by atoms with Crippen molar-refractivity contribution in [3.63, 3.8) is 0 Å². The lowest BCUT2D eigenvalue weighted by Crippen LogP contribution is -2.43. The van der Waals surface area contributed by atoms with Gasteiger partial charge < -0.3 is 10.6 Å². The van der Waals surface area contributed by atoms with Crippen molar-refractivity contribution in [3.8, 4) is 12.3 Å². The Morgan fingerprint density at radius 2 is 2.00 bits per heavy atom. The monoisotopic (exact) mass is 210 g/mol. The van der Waals surface area contributed by atoms with Crippen molar-refractivity contribution in [1.29, 1.82) is 0 Å². The summed E-state index contributed by atoms with van der Waals surface area (Å²) in [4.78, 5) is 11.3. The molecule has 0 aromatic rings. The quantitative estimate of drug-likeness (QED) is 0.512. The molecule has 0 saturated carbocycles.